The van der Waals surface area contributed by atoms with Crippen molar-refractivity contribution in [1.82, 2.24) is 19.8 Å². The maximum absolute atomic E-state index is 13.9. The highest BCUT2D eigenvalue weighted by molar-refractivity contribution is 6.06. The summed E-state index contributed by atoms with van der Waals surface area (Å²) in [6.07, 6.45) is 7.76. The number of nitrogens with zero attached hydrogens (tertiary/aromatic N) is 3. The Labute approximate surface area is 210 Å². The van der Waals surface area contributed by atoms with E-state index in [1.165, 1.54) is 31.2 Å². The number of aromatic nitrogens is 2. The SMILES string of the molecule is COC(=O)c1ncn2c1C(=O)N(Cc1ccc(OC)c(OC)c1)[C@@](C)(C(=O)NC1CCCCCC1)C2. The normalized spacial score (nSPS) is 20.3. The minimum Gasteiger partial charge on any atom is -0.493 e. The van der Waals surface area contributed by atoms with Crippen LogP contribution in [0.1, 0.15) is 72.0 Å². The Bertz CT molecular complexity index is 1140. The van der Waals surface area contributed by atoms with Gasteiger partial charge < -0.3 is 29.0 Å². The first kappa shape index (κ1) is 25.5. The fraction of sp³-hybridized carbons (Fsp3) is 0.538. The smallest absolute Gasteiger partial charge is 0.359 e. The number of nitrogens with one attached hydrogen (secondary N) is 1. The van der Waals surface area contributed by atoms with Crippen LogP contribution in [-0.2, 0) is 22.6 Å². The second-order valence-electron chi connectivity index (χ2n) is 9.58. The van der Waals surface area contributed by atoms with Crippen molar-refractivity contribution in [2.24, 2.45) is 0 Å². The lowest BCUT2D eigenvalue weighted by molar-refractivity contribution is -0.134. The van der Waals surface area contributed by atoms with Crippen molar-refractivity contribution in [3.8, 4) is 11.5 Å². The number of methoxy groups -OCH3 is 3. The fourth-order valence-electron chi connectivity index (χ4n) is 5.11. The molecule has 4 rings (SSSR count). The molecule has 2 heterocycles. The van der Waals surface area contributed by atoms with Crippen molar-refractivity contribution in [1.29, 1.82) is 0 Å². The molecule has 1 aromatic heterocycles. The van der Waals surface area contributed by atoms with Crippen LogP contribution < -0.4 is 14.8 Å². The summed E-state index contributed by atoms with van der Waals surface area (Å²) in [5.41, 5.74) is -0.410. The van der Waals surface area contributed by atoms with Gasteiger partial charge in [0.05, 0.1) is 34.2 Å². The highest BCUT2D eigenvalue weighted by atomic mass is 16.5. The van der Waals surface area contributed by atoms with E-state index in [1.807, 2.05) is 6.07 Å². The molecule has 0 unspecified atom stereocenters. The van der Waals surface area contributed by atoms with Crippen LogP contribution in [0.3, 0.4) is 0 Å². The summed E-state index contributed by atoms with van der Waals surface area (Å²) in [5.74, 6) is -0.306. The van der Waals surface area contributed by atoms with E-state index >= 15 is 0 Å². The van der Waals surface area contributed by atoms with Gasteiger partial charge in [-0.25, -0.2) is 9.78 Å². The Hall–Kier alpha value is -3.56. The van der Waals surface area contributed by atoms with Gasteiger partial charge in [-0.05, 0) is 37.5 Å². The van der Waals surface area contributed by atoms with E-state index in [9.17, 15) is 14.4 Å². The zero-order valence-electron chi connectivity index (χ0n) is 21.3. The Balaban J connectivity index is 1.72. The zero-order valence-corrected chi connectivity index (χ0v) is 21.3. The van der Waals surface area contributed by atoms with Crippen molar-refractivity contribution in [3.05, 3.63) is 41.5 Å². The first-order valence-electron chi connectivity index (χ1n) is 12.3. The standard InChI is InChI=1S/C26H34N4O6/c1-26(25(33)28-18-9-7-5-6-8-10-18)15-29-16-27-21(24(32)36-4)22(29)23(31)30(26)14-17-11-12-19(34-2)20(13-17)35-3/h11-13,16,18H,5-10,14-15H2,1-4H3,(H,28,33)/t26-/m1/s1. The van der Waals surface area contributed by atoms with Crippen LogP contribution in [0.5, 0.6) is 11.5 Å². The third-order valence-corrected chi connectivity index (χ3v) is 7.21. The average molecular weight is 499 g/mol. The van der Waals surface area contributed by atoms with Crippen molar-refractivity contribution in [3.63, 3.8) is 0 Å². The molecule has 0 spiro atoms. The zero-order chi connectivity index (χ0) is 25.9. The number of hydrogen-bond acceptors (Lipinski definition) is 7. The number of imidazole rings is 1. The van der Waals surface area contributed by atoms with Gasteiger partial charge >= 0.3 is 5.97 Å². The minimum absolute atomic E-state index is 0.0639. The molecule has 1 N–H and O–H groups in total. The molecule has 1 fully saturated rings. The number of amides is 2. The molecule has 194 valence electrons. The van der Waals surface area contributed by atoms with Crippen LogP contribution in [0.25, 0.3) is 0 Å². The highest BCUT2D eigenvalue weighted by Crippen LogP contribution is 2.34. The number of fused-ring (bicyclic) bond motifs is 1. The Morgan fingerprint density at radius 1 is 1.08 bits per heavy atom. The number of carbonyl (C=O) groups is 3. The van der Waals surface area contributed by atoms with Gasteiger partial charge in [0.2, 0.25) is 5.91 Å². The summed E-state index contributed by atoms with van der Waals surface area (Å²) in [7, 11) is 4.34. The number of hydrogen-bond donors (Lipinski definition) is 1. The van der Waals surface area contributed by atoms with Gasteiger partial charge in [-0.2, -0.15) is 0 Å². The topological polar surface area (TPSA) is 112 Å². The van der Waals surface area contributed by atoms with Crippen molar-refractivity contribution < 1.29 is 28.6 Å². The molecule has 1 aliphatic carbocycles. The molecule has 1 atom stereocenters. The maximum Gasteiger partial charge on any atom is 0.359 e. The van der Waals surface area contributed by atoms with E-state index in [-0.39, 0.29) is 36.4 Å². The van der Waals surface area contributed by atoms with E-state index in [4.69, 9.17) is 14.2 Å². The Morgan fingerprint density at radius 2 is 1.78 bits per heavy atom. The number of benzene rings is 1. The van der Waals surface area contributed by atoms with Crippen molar-refractivity contribution in [2.75, 3.05) is 21.3 Å². The van der Waals surface area contributed by atoms with Gasteiger partial charge in [-0.15, -0.1) is 0 Å². The third-order valence-electron chi connectivity index (χ3n) is 7.21. The molecular weight excluding hydrogens is 464 g/mol. The van der Waals surface area contributed by atoms with Gasteiger partial charge in [-0.1, -0.05) is 31.7 Å². The van der Waals surface area contributed by atoms with Crippen LogP contribution in [0.15, 0.2) is 24.5 Å². The van der Waals surface area contributed by atoms with Crippen LogP contribution >= 0.6 is 0 Å². The van der Waals surface area contributed by atoms with E-state index in [2.05, 4.69) is 10.3 Å². The molecule has 0 bridgehead atoms. The van der Waals surface area contributed by atoms with Crippen LogP contribution in [0, 0.1) is 0 Å². The summed E-state index contributed by atoms with van der Waals surface area (Å²) in [5, 5.41) is 3.21. The van der Waals surface area contributed by atoms with E-state index in [0.717, 1.165) is 31.2 Å². The Morgan fingerprint density at radius 3 is 2.42 bits per heavy atom. The van der Waals surface area contributed by atoms with Crippen molar-refractivity contribution >= 4 is 17.8 Å². The monoisotopic (exact) mass is 498 g/mol. The van der Waals surface area contributed by atoms with Gasteiger partial charge in [0.25, 0.3) is 5.91 Å². The number of rotatable bonds is 7. The second-order valence-corrected chi connectivity index (χ2v) is 9.58. The van der Waals surface area contributed by atoms with E-state index in [0.29, 0.717) is 11.5 Å². The summed E-state index contributed by atoms with van der Waals surface area (Å²) in [6, 6.07) is 5.44. The molecule has 1 aliphatic heterocycles. The highest BCUT2D eigenvalue weighted by Gasteiger charge is 2.49. The molecule has 1 saturated carbocycles. The Kier molecular flexibility index (Phi) is 7.51. The average Bonchev–Trinajstić information content (AvgIpc) is 3.13. The predicted molar refractivity (Wildman–Crippen MR) is 131 cm³/mol. The van der Waals surface area contributed by atoms with Crippen LogP contribution in [0.2, 0.25) is 0 Å². The molecular formula is C26H34N4O6. The molecule has 36 heavy (non-hydrogen) atoms. The van der Waals surface area contributed by atoms with E-state index in [1.54, 1.807) is 37.8 Å². The first-order valence-corrected chi connectivity index (χ1v) is 12.3. The molecule has 0 radical (unpaired) electrons. The van der Waals surface area contributed by atoms with Gasteiger partial charge in [0.1, 0.15) is 11.2 Å². The predicted octanol–water partition coefficient (Wildman–Crippen LogP) is 2.94. The molecule has 0 saturated heterocycles. The summed E-state index contributed by atoms with van der Waals surface area (Å²) in [6.45, 7) is 2.04. The minimum atomic E-state index is -1.21. The summed E-state index contributed by atoms with van der Waals surface area (Å²) >= 11 is 0. The number of esters is 1. The summed E-state index contributed by atoms with van der Waals surface area (Å²) < 4.78 is 17.2. The maximum atomic E-state index is 13.9. The van der Waals surface area contributed by atoms with Crippen molar-refractivity contribution in [2.45, 2.75) is 70.1 Å². The van der Waals surface area contributed by atoms with E-state index < -0.39 is 17.4 Å². The first-order chi connectivity index (χ1) is 17.3. The third kappa shape index (κ3) is 4.76. The largest absolute Gasteiger partial charge is 0.493 e. The molecule has 2 aromatic rings. The second kappa shape index (κ2) is 10.6. The molecule has 1 aromatic carbocycles. The number of carbonyl (C=O) groups excluding carboxylic acids is 3. The lowest BCUT2D eigenvalue weighted by Crippen LogP contribution is -2.64. The quantitative estimate of drug-likeness (QED) is 0.461. The molecule has 2 amide bonds. The fourth-order valence-corrected chi connectivity index (χ4v) is 5.11. The molecule has 2 aliphatic rings. The lowest BCUT2D eigenvalue weighted by Gasteiger charge is -2.44. The lowest BCUT2D eigenvalue weighted by atomic mass is 9.92. The summed E-state index contributed by atoms with van der Waals surface area (Å²) in [4.78, 5) is 45.7. The van der Waals surface area contributed by atoms with Crippen LogP contribution in [-0.4, -0.2) is 65.1 Å². The van der Waals surface area contributed by atoms with Gasteiger partial charge in [0, 0.05) is 12.6 Å². The molecule has 10 nitrogen and oxygen atoms in total. The van der Waals surface area contributed by atoms with Gasteiger partial charge in [-0.3, -0.25) is 9.59 Å². The molecule has 10 heteroatoms. The number of ether oxygens (including phenoxy) is 3. The van der Waals surface area contributed by atoms with Gasteiger partial charge in [0.15, 0.2) is 17.2 Å². The van der Waals surface area contributed by atoms with Crippen LogP contribution in [0.4, 0.5) is 0 Å².